The molecule has 1 heterocycles. The van der Waals surface area contributed by atoms with E-state index >= 15 is 0 Å². The van der Waals surface area contributed by atoms with E-state index < -0.39 is 23.8 Å². The van der Waals surface area contributed by atoms with Crippen LogP contribution in [0.4, 0.5) is 0 Å². The summed E-state index contributed by atoms with van der Waals surface area (Å²) in [6.45, 7) is 1.45. The van der Waals surface area contributed by atoms with Gasteiger partial charge in [-0.05, 0) is 6.92 Å². The summed E-state index contributed by atoms with van der Waals surface area (Å²) in [7, 11) is 0. The van der Waals surface area contributed by atoms with Crippen LogP contribution in [0.15, 0.2) is 4.99 Å². The number of aliphatic imine (C=N–C) groups is 1. The highest BCUT2D eigenvalue weighted by Crippen LogP contribution is 1.90. The second-order valence-electron chi connectivity index (χ2n) is 2.46. The van der Waals surface area contributed by atoms with E-state index in [4.69, 9.17) is 5.73 Å². The number of nitrogens with one attached hydrogen (secondary N) is 2. The van der Waals surface area contributed by atoms with Crippen LogP contribution in [-0.2, 0) is 14.4 Å². The van der Waals surface area contributed by atoms with Crippen molar-refractivity contribution in [3.8, 4) is 0 Å². The Bertz CT molecular complexity index is 291. The van der Waals surface area contributed by atoms with Gasteiger partial charge in [0.15, 0.2) is 0 Å². The molecular weight excluding hydrogens is 176 g/mol. The summed E-state index contributed by atoms with van der Waals surface area (Å²) in [5.41, 5.74) is 4.91. The molecule has 1 saturated heterocycles. The Morgan fingerprint density at radius 3 is 2.23 bits per heavy atom. The van der Waals surface area contributed by atoms with E-state index in [1.807, 2.05) is 0 Å². The molecule has 70 valence electrons. The molecule has 4 N–H and O–H groups in total. The molecule has 3 amide bonds. The van der Waals surface area contributed by atoms with Crippen molar-refractivity contribution in [3.05, 3.63) is 0 Å². The molecule has 0 saturated carbocycles. The van der Waals surface area contributed by atoms with Gasteiger partial charge in [0.05, 0.1) is 0 Å². The predicted molar refractivity (Wildman–Crippen MR) is 42.4 cm³/mol. The monoisotopic (exact) mass is 184 g/mol. The quantitative estimate of drug-likeness (QED) is 0.411. The number of nitrogens with two attached hydrogens (primary N) is 1. The lowest BCUT2D eigenvalue weighted by atomic mass is 10.3. The number of amides is 3. The van der Waals surface area contributed by atoms with Gasteiger partial charge in [-0.2, -0.15) is 0 Å². The number of rotatable bonds is 2. The highest BCUT2D eigenvalue weighted by Gasteiger charge is 2.25. The molecule has 1 fully saturated rings. The fraction of sp³-hybridized carbons (Fsp3) is 0.333. The summed E-state index contributed by atoms with van der Waals surface area (Å²) in [6.07, 6.45) is 0. The molecule has 0 aromatic heterocycles. The number of nitrogens with zero attached hydrogens (tertiary/aromatic N) is 1. The smallest absolute Gasteiger partial charge is 0.316 e. The molecule has 7 nitrogen and oxygen atoms in total. The summed E-state index contributed by atoms with van der Waals surface area (Å²) in [5, 5.41) is 4.26. The van der Waals surface area contributed by atoms with E-state index in [9.17, 15) is 14.4 Å². The highest BCUT2D eigenvalue weighted by atomic mass is 16.2. The molecule has 0 aliphatic carbocycles. The molecule has 1 atom stereocenters. The Hall–Kier alpha value is -1.92. The molecule has 1 aliphatic heterocycles. The van der Waals surface area contributed by atoms with Crippen LogP contribution in [0.3, 0.4) is 0 Å². The van der Waals surface area contributed by atoms with E-state index in [1.165, 1.54) is 6.92 Å². The highest BCUT2D eigenvalue weighted by molar-refractivity contribution is 6.45. The predicted octanol–water partition coefficient (Wildman–Crippen LogP) is -2.54. The third kappa shape index (κ3) is 2.01. The number of primary amides is 1. The van der Waals surface area contributed by atoms with Gasteiger partial charge < -0.3 is 5.73 Å². The minimum atomic E-state index is -0.796. The topological polar surface area (TPSA) is 114 Å². The molecule has 1 rings (SSSR count). The van der Waals surface area contributed by atoms with Gasteiger partial charge in [-0.3, -0.25) is 25.0 Å². The first kappa shape index (κ1) is 9.17. The van der Waals surface area contributed by atoms with Gasteiger partial charge in [0.2, 0.25) is 11.9 Å². The largest absolute Gasteiger partial charge is 0.368 e. The maximum atomic E-state index is 10.6. The number of hydrogen-bond donors (Lipinski definition) is 3. The molecule has 0 aromatic carbocycles. The first-order valence-electron chi connectivity index (χ1n) is 3.50. The van der Waals surface area contributed by atoms with Crippen molar-refractivity contribution >= 4 is 23.7 Å². The average Bonchev–Trinajstić information content (AvgIpc) is 2.31. The van der Waals surface area contributed by atoms with E-state index in [0.29, 0.717) is 0 Å². The zero-order valence-corrected chi connectivity index (χ0v) is 6.83. The van der Waals surface area contributed by atoms with Crippen LogP contribution in [0.25, 0.3) is 0 Å². The van der Waals surface area contributed by atoms with Crippen molar-refractivity contribution in [2.45, 2.75) is 13.0 Å². The zero-order chi connectivity index (χ0) is 10.0. The minimum absolute atomic E-state index is 0.0405. The SMILES string of the molecule is CC(N=C1NC(=O)C(=O)N1)C(N)=O. The van der Waals surface area contributed by atoms with Crippen molar-refractivity contribution in [2.24, 2.45) is 10.7 Å². The summed E-state index contributed by atoms with van der Waals surface area (Å²) in [6, 6.07) is -0.784. The number of guanidine groups is 1. The van der Waals surface area contributed by atoms with Crippen LogP contribution >= 0.6 is 0 Å². The molecule has 0 bridgehead atoms. The molecule has 0 spiro atoms. The van der Waals surface area contributed by atoms with E-state index in [0.717, 1.165) is 0 Å². The number of carbonyl (C=O) groups is 3. The average molecular weight is 184 g/mol. The van der Waals surface area contributed by atoms with Gasteiger partial charge in [-0.25, -0.2) is 4.99 Å². The second-order valence-corrected chi connectivity index (χ2v) is 2.46. The van der Waals surface area contributed by atoms with Crippen LogP contribution in [-0.4, -0.2) is 29.7 Å². The Morgan fingerprint density at radius 1 is 1.38 bits per heavy atom. The Balaban J connectivity index is 2.70. The molecular formula is C6H8N4O3. The van der Waals surface area contributed by atoms with Crippen molar-refractivity contribution in [1.82, 2.24) is 10.6 Å². The van der Waals surface area contributed by atoms with Crippen LogP contribution in [0, 0.1) is 0 Å². The van der Waals surface area contributed by atoms with Crippen LogP contribution in [0.5, 0.6) is 0 Å². The standard InChI is InChI=1S/C6H8N4O3/c1-2(3(7)11)8-6-9-4(12)5(13)10-6/h2H,1H3,(H2,7,11)(H2,8,9,10,12,13). The van der Waals surface area contributed by atoms with E-state index in [-0.39, 0.29) is 5.96 Å². The normalized spacial score (nSPS) is 17.8. The third-order valence-corrected chi connectivity index (χ3v) is 1.40. The van der Waals surface area contributed by atoms with Crippen LogP contribution < -0.4 is 16.4 Å². The Kier molecular flexibility index (Phi) is 2.27. The van der Waals surface area contributed by atoms with Crippen molar-refractivity contribution in [1.29, 1.82) is 0 Å². The molecule has 0 radical (unpaired) electrons. The molecule has 1 aliphatic rings. The van der Waals surface area contributed by atoms with Gasteiger partial charge in [0, 0.05) is 0 Å². The van der Waals surface area contributed by atoms with Gasteiger partial charge in [0.25, 0.3) is 0 Å². The number of hydrogen-bond acceptors (Lipinski definition) is 4. The van der Waals surface area contributed by atoms with Crippen molar-refractivity contribution < 1.29 is 14.4 Å². The lowest BCUT2D eigenvalue weighted by molar-refractivity contribution is -0.135. The lowest BCUT2D eigenvalue weighted by Gasteiger charge is -2.01. The van der Waals surface area contributed by atoms with Gasteiger partial charge in [-0.15, -0.1) is 0 Å². The fourth-order valence-electron chi connectivity index (χ4n) is 0.682. The van der Waals surface area contributed by atoms with Crippen molar-refractivity contribution in [3.63, 3.8) is 0 Å². The maximum Gasteiger partial charge on any atom is 0.316 e. The third-order valence-electron chi connectivity index (χ3n) is 1.40. The van der Waals surface area contributed by atoms with Crippen LogP contribution in [0.1, 0.15) is 6.92 Å². The molecule has 0 aromatic rings. The minimum Gasteiger partial charge on any atom is -0.368 e. The fourth-order valence-corrected chi connectivity index (χ4v) is 0.682. The molecule has 13 heavy (non-hydrogen) atoms. The molecule has 1 unspecified atom stereocenters. The summed E-state index contributed by atoms with van der Waals surface area (Å²) in [5.74, 6) is -2.27. The number of carbonyl (C=O) groups excluding carboxylic acids is 3. The van der Waals surface area contributed by atoms with Gasteiger partial charge in [-0.1, -0.05) is 0 Å². The second kappa shape index (κ2) is 3.21. The van der Waals surface area contributed by atoms with E-state index in [2.05, 4.69) is 15.6 Å². The first-order chi connectivity index (χ1) is 6.00. The summed E-state index contributed by atoms with van der Waals surface area (Å²) in [4.78, 5) is 35.4. The maximum absolute atomic E-state index is 10.6. The Labute approximate surface area is 73.4 Å². The summed E-state index contributed by atoms with van der Waals surface area (Å²) < 4.78 is 0. The molecule has 7 heteroatoms. The lowest BCUT2D eigenvalue weighted by Crippen LogP contribution is -2.31. The Morgan fingerprint density at radius 2 is 1.85 bits per heavy atom. The summed E-state index contributed by atoms with van der Waals surface area (Å²) >= 11 is 0. The van der Waals surface area contributed by atoms with Gasteiger partial charge >= 0.3 is 11.8 Å². The first-order valence-corrected chi connectivity index (χ1v) is 3.50. The van der Waals surface area contributed by atoms with E-state index in [1.54, 1.807) is 0 Å². The van der Waals surface area contributed by atoms with Gasteiger partial charge in [0.1, 0.15) is 6.04 Å². The van der Waals surface area contributed by atoms with Crippen molar-refractivity contribution in [2.75, 3.05) is 0 Å². The zero-order valence-electron chi connectivity index (χ0n) is 6.83. The van der Waals surface area contributed by atoms with Crippen LogP contribution in [0.2, 0.25) is 0 Å².